The van der Waals surface area contributed by atoms with Gasteiger partial charge >= 0.3 is 11.6 Å². The highest BCUT2D eigenvalue weighted by atomic mass is 16.5. The van der Waals surface area contributed by atoms with Crippen molar-refractivity contribution in [3.05, 3.63) is 34.4 Å². The molecule has 30 heavy (non-hydrogen) atoms. The maximum Gasteiger partial charge on any atom is 0.335 e. The van der Waals surface area contributed by atoms with E-state index in [4.69, 9.17) is 9.15 Å². The third kappa shape index (κ3) is 3.08. The van der Waals surface area contributed by atoms with Crippen LogP contribution in [-0.4, -0.2) is 12.1 Å². The van der Waals surface area contributed by atoms with Crippen molar-refractivity contribution in [3.8, 4) is 0 Å². The maximum atomic E-state index is 11.5. The number of hydrogen-bond acceptors (Lipinski definition) is 4. The van der Waals surface area contributed by atoms with Gasteiger partial charge in [-0.05, 0) is 110 Å². The SMILES string of the molecule is CC(=O)O[C@H]1CC[C@@]2(C)[C@H](CC[C@@H]3[C@@H]2CC[C@]2(C)[C@@H](c4ccc(=O)oc4)CC[C@@H]32)C1. The number of carbonyl (C=O) groups excluding carboxylic acids is 1. The Morgan fingerprint density at radius 2 is 1.77 bits per heavy atom. The fourth-order valence-corrected chi connectivity index (χ4v) is 8.68. The van der Waals surface area contributed by atoms with Gasteiger partial charge in [0.15, 0.2) is 0 Å². The van der Waals surface area contributed by atoms with Gasteiger partial charge in [0, 0.05) is 13.0 Å². The predicted octanol–water partition coefficient (Wildman–Crippen LogP) is 5.70. The van der Waals surface area contributed by atoms with Gasteiger partial charge in [0.2, 0.25) is 0 Å². The molecule has 4 saturated carbocycles. The van der Waals surface area contributed by atoms with E-state index in [0.29, 0.717) is 22.7 Å². The van der Waals surface area contributed by atoms with Crippen molar-refractivity contribution in [2.45, 2.75) is 90.6 Å². The topological polar surface area (TPSA) is 56.5 Å². The Kier molecular flexibility index (Phi) is 4.91. The summed E-state index contributed by atoms with van der Waals surface area (Å²) in [7, 11) is 0. The summed E-state index contributed by atoms with van der Waals surface area (Å²) in [5, 5.41) is 0. The van der Waals surface area contributed by atoms with Gasteiger partial charge in [0.25, 0.3) is 0 Å². The van der Waals surface area contributed by atoms with Crippen LogP contribution < -0.4 is 5.63 Å². The van der Waals surface area contributed by atoms with Gasteiger partial charge in [0.05, 0.1) is 6.26 Å². The molecule has 164 valence electrons. The maximum absolute atomic E-state index is 11.5. The Hall–Kier alpha value is -1.58. The molecule has 4 aliphatic carbocycles. The van der Waals surface area contributed by atoms with Crippen molar-refractivity contribution in [2.75, 3.05) is 0 Å². The van der Waals surface area contributed by atoms with Crippen LogP contribution in [0.5, 0.6) is 0 Å². The van der Waals surface area contributed by atoms with Gasteiger partial charge < -0.3 is 9.15 Å². The second-order valence-corrected chi connectivity index (χ2v) is 11.2. The highest BCUT2D eigenvalue weighted by Gasteiger charge is 2.60. The number of carbonyl (C=O) groups is 1. The van der Waals surface area contributed by atoms with Gasteiger partial charge in [-0.3, -0.25) is 4.79 Å². The molecule has 4 heteroatoms. The van der Waals surface area contributed by atoms with E-state index in [1.165, 1.54) is 50.5 Å². The highest BCUT2D eigenvalue weighted by Crippen LogP contribution is 2.69. The van der Waals surface area contributed by atoms with E-state index in [1.54, 1.807) is 19.3 Å². The summed E-state index contributed by atoms with van der Waals surface area (Å²) < 4.78 is 10.8. The van der Waals surface area contributed by atoms with E-state index in [9.17, 15) is 9.59 Å². The molecule has 0 N–H and O–H groups in total. The van der Waals surface area contributed by atoms with E-state index >= 15 is 0 Å². The van der Waals surface area contributed by atoms with E-state index in [1.807, 2.05) is 6.07 Å². The molecule has 0 radical (unpaired) electrons. The molecule has 5 rings (SSSR count). The molecular formula is C26H36O4. The van der Waals surface area contributed by atoms with Crippen LogP contribution in [0.1, 0.15) is 90.0 Å². The molecule has 0 spiro atoms. The fraction of sp³-hybridized carbons (Fsp3) is 0.769. The van der Waals surface area contributed by atoms with E-state index in [-0.39, 0.29) is 17.7 Å². The largest absolute Gasteiger partial charge is 0.463 e. The average molecular weight is 413 g/mol. The van der Waals surface area contributed by atoms with Crippen molar-refractivity contribution in [3.63, 3.8) is 0 Å². The molecule has 0 amide bonds. The summed E-state index contributed by atoms with van der Waals surface area (Å²) >= 11 is 0. The molecule has 0 aliphatic heterocycles. The molecule has 0 saturated heterocycles. The molecule has 0 bridgehead atoms. The molecule has 4 fully saturated rings. The van der Waals surface area contributed by atoms with Crippen LogP contribution in [-0.2, 0) is 9.53 Å². The Morgan fingerprint density at radius 3 is 2.50 bits per heavy atom. The summed E-state index contributed by atoms with van der Waals surface area (Å²) in [6.45, 7) is 6.61. The third-order valence-corrected chi connectivity index (χ3v) is 10.1. The number of hydrogen-bond donors (Lipinski definition) is 0. The summed E-state index contributed by atoms with van der Waals surface area (Å²) in [6, 6.07) is 3.59. The summed E-state index contributed by atoms with van der Waals surface area (Å²) in [5.41, 5.74) is 1.69. The van der Waals surface area contributed by atoms with Crippen LogP contribution >= 0.6 is 0 Å². The molecule has 0 unspecified atom stereocenters. The predicted molar refractivity (Wildman–Crippen MR) is 115 cm³/mol. The summed E-state index contributed by atoms with van der Waals surface area (Å²) in [6.07, 6.45) is 12.9. The Morgan fingerprint density at radius 1 is 1.00 bits per heavy atom. The number of ether oxygens (including phenoxy) is 1. The Bertz CT molecular complexity index is 854. The lowest BCUT2D eigenvalue weighted by Crippen LogP contribution is -2.54. The zero-order valence-electron chi connectivity index (χ0n) is 18.7. The van der Waals surface area contributed by atoms with Crippen LogP contribution in [0.15, 0.2) is 27.6 Å². The molecule has 1 heterocycles. The van der Waals surface area contributed by atoms with Crippen LogP contribution in [0.4, 0.5) is 0 Å². The zero-order chi connectivity index (χ0) is 21.1. The average Bonchev–Trinajstić information content (AvgIpc) is 3.06. The number of fused-ring (bicyclic) bond motifs is 5. The van der Waals surface area contributed by atoms with Crippen molar-refractivity contribution in [1.82, 2.24) is 0 Å². The van der Waals surface area contributed by atoms with E-state index in [0.717, 1.165) is 30.6 Å². The molecule has 8 atom stereocenters. The fourth-order valence-electron chi connectivity index (χ4n) is 8.68. The summed E-state index contributed by atoms with van der Waals surface area (Å²) in [5.74, 6) is 3.48. The smallest absolute Gasteiger partial charge is 0.335 e. The van der Waals surface area contributed by atoms with Gasteiger partial charge in [0.1, 0.15) is 6.10 Å². The first kappa shape index (κ1) is 20.3. The lowest BCUT2D eigenvalue weighted by molar-refractivity contribution is -0.159. The lowest BCUT2D eigenvalue weighted by atomic mass is 9.44. The van der Waals surface area contributed by atoms with Gasteiger partial charge in [-0.2, -0.15) is 0 Å². The molecule has 0 aromatic carbocycles. The first-order valence-corrected chi connectivity index (χ1v) is 12.1. The van der Waals surface area contributed by atoms with Gasteiger partial charge in [-0.1, -0.05) is 13.8 Å². The van der Waals surface area contributed by atoms with Crippen molar-refractivity contribution in [2.24, 2.45) is 34.5 Å². The first-order valence-electron chi connectivity index (χ1n) is 12.1. The number of esters is 1. The van der Waals surface area contributed by atoms with Crippen molar-refractivity contribution < 1.29 is 13.9 Å². The summed E-state index contributed by atoms with van der Waals surface area (Å²) in [4.78, 5) is 22.9. The molecule has 4 nitrogen and oxygen atoms in total. The zero-order valence-corrected chi connectivity index (χ0v) is 18.7. The van der Waals surface area contributed by atoms with Gasteiger partial charge in [-0.25, -0.2) is 4.79 Å². The standard InChI is InChI=1S/C26H36O4/c1-16(27)30-19-10-12-25(2)18(14-19)5-6-20-22-8-7-21(17-4-9-24(28)29-15-17)26(22,3)13-11-23(20)25/h4,9,15,18-23H,5-8,10-14H2,1-3H3/t18-,19+,20+,21-,22+,23+,25+,26-/m1/s1. The minimum absolute atomic E-state index is 0.125. The molecule has 1 aromatic heterocycles. The van der Waals surface area contributed by atoms with Crippen molar-refractivity contribution >= 4 is 5.97 Å². The second-order valence-electron chi connectivity index (χ2n) is 11.2. The highest BCUT2D eigenvalue weighted by molar-refractivity contribution is 5.66. The Balaban J connectivity index is 1.37. The van der Waals surface area contributed by atoms with Crippen LogP contribution in [0, 0.1) is 34.5 Å². The molecule has 1 aromatic rings. The normalized spacial score (nSPS) is 45.2. The minimum Gasteiger partial charge on any atom is -0.463 e. The monoisotopic (exact) mass is 412 g/mol. The van der Waals surface area contributed by atoms with Crippen molar-refractivity contribution in [1.29, 1.82) is 0 Å². The third-order valence-electron chi connectivity index (χ3n) is 10.1. The Labute approximate surface area is 179 Å². The molecular weight excluding hydrogens is 376 g/mol. The van der Waals surface area contributed by atoms with E-state index in [2.05, 4.69) is 13.8 Å². The van der Waals surface area contributed by atoms with Crippen LogP contribution in [0.3, 0.4) is 0 Å². The number of rotatable bonds is 2. The first-order chi connectivity index (χ1) is 14.3. The van der Waals surface area contributed by atoms with E-state index < -0.39 is 0 Å². The quantitative estimate of drug-likeness (QED) is 0.585. The minimum atomic E-state index is -0.252. The van der Waals surface area contributed by atoms with Crippen LogP contribution in [0.25, 0.3) is 0 Å². The molecule has 4 aliphatic rings. The van der Waals surface area contributed by atoms with Gasteiger partial charge in [-0.15, -0.1) is 0 Å². The lowest BCUT2D eigenvalue weighted by Gasteiger charge is -2.61. The van der Waals surface area contributed by atoms with Crippen LogP contribution in [0.2, 0.25) is 0 Å². The second kappa shape index (κ2) is 7.24.